The van der Waals surface area contributed by atoms with Gasteiger partial charge in [-0.2, -0.15) is 0 Å². The number of nitrogens with zero attached hydrogens (tertiary/aromatic N) is 1. The molecule has 2 aliphatic rings. The highest BCUT2D eigenvalue weighted by molar-refractivity contribution is 7.80. The first-order chi connectivity index (χ1) is 22.2. The smallest absolute Gasteiger partial charge is 0.271 e. The molecule has 252 valence electrons. The zero-order valence-electron chi connectivity index (χ0n) is 28.1. The van der Waals surface area contributed by atoms with E-state index in [0.29, 0.717) is 17.0 Å². The number of aliphatic imine (C=N–C) groups is 1. The fourth-order valence-corrected chi connectivity index (χ4v) is 5.41. The molecule has 3 atom stereocenters. The van der Waals surface area contributed by atoms with Gasteiger partial charge < -0.3 is 26.4 Å². The number of Topliss-reactive ketones (excluding diaryl/α,β-unsaturated/α-hetero) is 1. The number of allylic oxidation sites excluding steroid dienone is 6. The molecule has 0 spiro atoms. The molecule has 0 radical (unpaired) electrons. The van der Waals surface area contributed by atoms with Crippen molar-refractivity contribution in [3.8, 4) is 0 Å². The molecule has 2 aliphatic carbocycles. The summed E-state index contributed by atoms with van der Waals surface area (Å²) in [5.41, 5.74) is 12.2. The van der Waals surface area contributed by atoms with Crippen molar-refractivity contribution in [2.75, 3.05) is 7.05 Å². The number of thiocarbonyl (C=S) groups is 1. The number of halogens is 2. The summed E-state index contributed by atoms with van der Waals surface area (Å²) in [5, 5.41) is 8.42. The number of carbonyl (C=O) groups is 2. The summed E-state index contributed by atoms with van der Waals surface area (Å²) < 4.78 is 35.9. The van der Waals surface area contributed by atoms with Crippen molar-refractivity contribution in [3.05, 3.63) is 100 Å². The molecular weight excluding hydrogens is 620 g/mol. The number of amides is 1. The molecule has 47 heavy (non-hydrogen) atoms. The monoisotopic (exact) mass is 665 g/mol. The lowest BCUT2D eigenvalue weighted by atomic mass is 10.0. The Morgan fingerprint density at radius 3 is 2.36 bits per heavy atom. The van der Waals surface area contributed by atoms with Crippen LogP contribution in [0.5, 0.6) is 0 Å². The van der Waals surface area contributed by atoms with E-state index in [1.54, 1.807) is 20.8 Å². The van der Waals surface area contributed by atoms with Gasteiger partial charge in [0.05, 0.1) is 10.9 Å². The van der Waals surface area contributed by atoms with Crippen LogP contribution in [-0.4, -0.2) is 35.5 Å². The summed E-state index contributed by atoms with van der Waals surface area (Å²) >= 11 is 5.31. The van der Waals surface area contributed by atoms with Crippen LogP contribution in [0, 0.1) is 24.7 Å². The Morgan fingerprint density at radius 2 is 1.81 bits per heavy atom. The number of benzene rings is 1. The SMILES string of the molecule is C=C=C(N/C(C(=O)/C(C)=C/C=C(NC(=O)C1C(C(=NC)NC(=S)C2CC2)C1(F)F)\C(C)=C\CC)=C(\C)N)OC(C)c1ccccc1C. The van der Waals surface area contributed by atoms with Crippen molar-refractivity contribution in [1.29, 1.82) is 0 Å². The normalized spacial score (nSPS) is 20.7. The molecule has 11 heteroatoms. The van der Waals surface area contributed by atoms with Crippen LogP contribution in [0.4, 0.5) is 8.78 Å². The number of amidine groups is 1. The molecule has 1 aromatic rings. The predicted molar refractivity (Wildman–Crippen MR) is 186 cm³/mol. The van der Waals surface area contributed by atoms with Crippen LogP contribution in [0.2, 0.25) is 0 Å². The van der Waals surface area contributed by atoms with Gasteiger partial charge in [0.25, 0.3) is 5.92 Å². The Bertz CT molecular complexity index is 1610. The minimum absolute atomic E-state index is 0.00827. The molecule has 1 aromatic carbocycles. The maximum absolute atomic E-state index is 15.0. The zero-order valence-corrected chi connectivity index (χ0v) is 28.9. The Kier molecular flexibility index (Phi) is 12.6. The second-order valence-electron chi connectivity index (χ2n) is 11.9. The molecule has 3 unspecified atom stereocenters. The van der Waals surface area contributed by atoms with Gasteiger partial charge in [-0.05, 0) is 82.2 Å². The minimum Gasteiger partial charge on any atom is -0.465 e. The number of carbonyl (C=O) groups excluding carboxylic acids is 2. The van der Waals surface area contributed by atoms with Gasteiger partial charge in [0.1, 0.15) is 23.6 Å². The van der Waals surface area contributed by atoms with Crippen molar-refractivity contribution in [1.82, 2.24) is 16.0 Å². The van der Waals surface area contributed by atoms with Gasteiger partial charge in [-0.15, -0.1) is 0 Å². The summed E-state index contributed by atoms with van der Waals surface area (Å²) in [5.74, 6) is -7.33. The predicted octanol–water partition coefficient (Wildman–Crippen LogP) is 6.59. The third kappa shape index (κ3) is 9.36. The molecule has 8 nitrogen and oxygen atoms in total. The van der Waals surface area contributed by atoms with Crippen LogP contribution >= 0.6 is 12.2 Å². The third-order valence-electron chi connectivity index (χ3n) is 8.06. The highest BCUT2D eigenvalue weighted by Gasteiger charge is 2.74. The van der Waals surface area contributed by atoms with Crippen LogP contribution in [0.1, 0.15) is 71.1 Å². The lowest BCUT2D eigenvalue weighted by Gasteiger charge is -2.20. The number of nitrogens with two attached hydrogens (primary N) is 1. The molecule has 2 saturated carbocycles. The topological polar surface area (TPSA) is 118 Å². The van der Waals surface area contributed by atoms with Crippen molar-refractivity contribution >= 4 is 34.7 Å². The number of rotatable bonds is 14. The first-order valence-corrected chi connectivity index (χ1v) is 16.0. The largest absolute Gasteiger partial charge is 0.465 e. The first-order valence-electron chi connectivity index (χ1n) is 15.6. The number of hydrogen-bond donors (Lipinski definition) is 4. The molecular formula is C36H45F2N5O3S. The molecule has 0 aliphatic heterocycles. The maximum atomic E-state index is 15.0. The Balaban J connectivity index is 1.79. The molecule has 5 N–H and O–H groups in total. The zero-order chi connectivity index (χ0) is 35.1. The van der Waals surface area contributed by atoms with Crippen LogP contribution in [0.15, 0.2) is 93.9 Å². The van der Waals surface area contributed by atoms with Gasteiger partial charge in [0.2, 0.25) is 17.6 Å². The molecule has 0 heterocycles. The number of ketones is 1. The lowest BCUT2D eigenvalue weighted by Crippen LogP contribution is -2.34. The summed E-state index contributed by atoms with van der Waals surface area (Å²) in [6, 6.07) is 7.77. The van der Waals surface area contributed by atoms with Crippen LogP contribution in [0.3, 0.4) is 0 Å². The van der Waals surface area contributed by atoms with E-state index in [9.17, 15) is 18.4 Å². The number of hydrogen-bond acceptors (Lipinski definition) is 7. The first kappa shape index (κ1) is 37.1. The second kappa shape index (κ2) is 16.0. The Labute approximate surface area is 281 Å². The minimum atomic E-state index is -3.29. The van der Waals surface area contributed by atoms with E-state index in [2.05, 4.69) is 33.3 Å². The van der Waals surface area contributed by atoms with E-state index >= 15 is 0 Å². The van der Waals surface area contributed by atoms with E-state index in [-0.39, 0.29) is 46.4 Å². The third-order valence-corrected chi connectivity index (χ3v) is 8.50. The van der Waals surface area contributed by atoms with Gasteiger partial charge in [0, 0.05) is 24.4 Å². The molecule has 0 saturated heterocycles. The quantitative estimate of drug-likeness (QED) is 0.0337. The highest BCUT2D eigenvalue weighted by Crippen LogP contribution is 2.56. The Hall–Kier alpha value is -4.34. The van der Waals surface area contributed by atoms with Crippen molar-refractivity contribution in [2.45, 2.75) is 72.8 Å². The summed E-state index contributed by atoms with van der Waals surface area (Å²) in [6.45, 7) is 14.3. The molecule has 1 amide bonds. The molecule has 0 bridgehead atoms. The average molecular weight is 666 g/mol. The van der Waals surface area contributed by atoms with Gasteiger partial charge in [-0.3, -0.25) is 14.6 Å². The van der Waals surface area contributed by atoms with Crippen molar-refractivity contribution in [2.24, 2.45) is 28.5 Å². The van der Waals surface area contributed by atoms with E-state index in [1.165, 1.54) is 19.2 Å². The van der Waals surface area contributed by atoms with E-state index in [0.717, 1.165) is 24.0 Å². The van der Waals surface area contributed by atoms with Crippen LogP contribution < -0.4 is 21.7 Å². The van der Waals surface area contributed by atoms with Gasteiger partial charge in [-0.1, -0.05) is 67.9 Å². The number of aryl methyl sites for hydroxylation is 1. The maximum Gasteiger partial charge on any atom is 0.271 e. The average Bonchev–Trinajstić information content (AvgIpc) is 3.95. The fourth-order valence-electron chi connectivity index (χ4n) is 5.07. The molecule has 3 rings (SSSR count). The van der Waals surface area contributed by atoms with Gasteiger partial charge in [-0.25, -0.2) is 8.78 Å². The Morgan fingerprint density at radius 1 is 1.15 bits per heavy atom. The van der Waals surface area contributed by atoms with E-state index < -0.39 is 29.4 Å². The van der Waals surface area contributed by atoms with Crippen LogP contribution in [0.25, 0.3) is 0 Å². The number of ether oxygens (including phenoxy) is 1. The van der Waals surface area contributed by atoms with E-state index in [4.69, 9.17) is 22.7 Å². The number of nitrogens with one attached hydrogen (secondary N) is 3. The van der Waals surface area contributed by atoms with Gasteiger partial charge in [0.15, 0.2) is 0 Å². The van der Waals surface area contributed by atoms with Crippen molar-refractivity contribution < 1.29 is 23.1 Å². The summed E-state index contributed by atoms with van der Waals surface area (Å²) in [6.07, 6.45) is 6.95. The molecule has 2 fully saturated rings. The standard InChI is InChI=1S/C36H45F2N5O3S/c1-9-13-21(4)27(41-34(45)30-29(36(30,37)38)33(40-8)43-35(47)25-17-18-25)19-16-22(5)32(44)31(23(6)39)42-28(10-2)46-24(7)26-15-12-11-14-20(26)3/h11-16,19,24-25,29-30,42H,2,9,17-18,39H2,1,3-8H3,(H,41,45)(H,40,43,47)/b21-13+,22-16+,27-19+,31-23+. The molecule has 0 aromatic heterocycles. The van der Waals surface area contributed by atoms with Crippen molar-refractivity contribution in [3.63, 3.8) is 0 Å². The fraction of sp³-hybridized carbons (Fsp3) is 0.417. The second-order valence-corrected chi connectivity index (χ2v) is 12.3. The number of alkyl halides is 2. The lowest BCUT2D eigenvalue weighted by molar-refractivity contribution is -0.123. The summed E-state index contributed by atoms with van der Waals surface area (Å²) in [4.78, 5) is 31.2. The van der Waals surface area contributed by atoms with E-state index in [1.807, 2.05) is 51.1 Å². The highest BCUT2D eigenvalue weighted by atomic mass is 32.1. The van der Waals surface area contributed by atoms with Gasteiger partial charge >= 0.3 is 0 Å². The van der Waals surface area contributed by atoms with Crippen LogP contribution in [-0.2, 0) is 14.3 Å². The summed E-state index contributed by atoms with van der Waals surface area (Å²) in [7, 11) is 1.40.